The Morgan fingerprint density at radius 1 is 1.53 bits per heavy atom. The highest BCUT2D eigenvalue weighted by Gasteiger charge is 2.14. The van der Waals surface area contributed by atoms with Crippen LogP contribution in [0.15, 0.2) is 18.2 Å². The predicted molar refractivity (Wildman–Crippen MR) is 67.7 cm³/mol. The van der Waals surface area contributed by atoms with Crippen LogP contribution in [0.1, 0.15) is 25.0 Å². The summed E-state index contributed by atoms with van der Waals surface area (Å²) in [7, 11) is 0. The van der Waals surface area contributed by atoms with Crippen LogP contribution in [0.5, 0.6) is 0 Å². The fourth-order valence-corrected chi connectivity index (χ4v) is 1.56. The summed E-state index contributed by atoms with van der Waals surface area (Å²) in [6.07, 6.45) is 0. The third-order valence-corrected chi connectivity index (χ3v) is 2.50. The van der Waals surface area contributed by atoms with Crippen molar-refractivity contribution in [1.29, 1.82) is 5.26 Å². The van der Waals surface area contributed by atoms with Crippen molar-refractivity contribution in [2.45, 2.75) is 26.8 Å². The average Bonchev–Trinajstić information content (AvgIpc) is 2.31. The summed E-state index contributed by atoms with van der Waals surface area (Å²) >= 11 is 0. The summed E-state index contributed by atoms with van der Waals surface area (Å²) in [6.45, 7) is 6.16. The number of amides is 1. The van der Waals surface area contributed by atoms with E-state index in [1.54, 1.807) is 13.0 Å². The van der Waals surface area contributed by atoms with E-state index < -0.39 is 0 Å². The van der Waals surface area contributed by atoms with E-state index in [1.165, 1.54) is 0 Å². The number of nitriles is 1. The van der Waals surface area contributed by atoms with Gasteiger partial charge < -0.3 is 10.6 Å². The Balaban J connectivity index is 2.88. The fourth-order valence-electron chi connectivity index (χ4n) is 1.56. The van der Waals surface area contributed by atoms with Crippen molar-refractivity contribution in [1.82, 2.24) is 5.32 Å². The van der Waals surface area contributed by atoms with Crippen LogP contribution in [0.4, 0.5) is 5.69 Å². The second kappa shape index (κ2) is 5.90. The molecular weight excluding hydrogens is 214 g/mol. The van der Waals surface area contributed by atoms with Gasteiger partial charge in [-0.25, -0.2) is 0 Å². The lowest BCUT2D eigenvalue weighted by Crippen LogP contribution is -2.37. The molecule has 0 aliphatic heterocycles. The highest BCUT2D eigenvalue weighted by atomic mass is 16.2. The Hall–Kier alpha value is -2.02. The topological polar surface area (TPSA) is 64.9 Å². The van der Waals surface area contributed by atoms with E-state index in [0.29, 0.717) is 12.1 Å². The van der Waals surface area contributed by atoms with Gasteiger partial charge in [-0.15, -0.1) is 0 Å². The smallest absolute Gasteiger partial charge is 0.242 e. The molecule has 1 rings (SSSR count). The first-order chi connectivity index (χ1) is 8.10. The quantitative estimate of drug-likeness (QED) is 0.830. The molecule has 4 heteroatoms. The van der Waals surface area contributed by atoms with E-state index in [-0.39, 0.29) is 11.9 Å². The highest BCUT2D eigenvalue weighted by molar-refractivity contribution is 5.85. The molecule has 1 amide bonds. The van der Waals surface area contributed by atoms with Gasteiger partial charge in [0.2, 0.25) is 5.91 Å². The van der Waals surface area contributed by atoms with Crippen molar-refractivity contribution in [3.8, 4) is 6.07 Å². The van der Waals surface area contributed by atoms with Crippen LogP contribution in [0.2, 0.25) is 0 Å². The van der Waals surface area contributed by atoms with E-state index in [4.69, 9.17) is 5.26 Å². The third kappa shape index (κ3) is 3.22. The van der Waals surface area contributed by atoms with Gasteiger partial charge in [0, 0.05) is 6.54 Å². The summed E-state index contributed by atoms with van der Waals surface area (Å²) < 4.78 is 0. The van der Waals surface area contributed by atoms with Crippen molar-refractivity contribution in [3.63, 3.8) is 0 Å². The molecule has 0 fully saturated rings. The second-order valence-corrected chi connectivity index (χ2v) is 3.87. The number of likely N-dealkylation sites (N-methyl/N-ethyl adjacent to an activating group) is 1. The molecule has 4 nitrogen and oxygen atoms in total. The number of carbonyl (C=O) groups is 1. The van der Waals surface area contributed by atoms with Crippen molar-refractivity contribution >= 4 is 11.6 Å². The molecule has 17 heavy (non-hydrogen) atoms. The SMILES string of the molecule is CCNC(=O)C(C)Nc1c(C)cccc1C#N. The largest absolute Gasteiger partial charge is 0.373 e. The molecule has 0 aliphatic carbocycles. The molecule has 0 bridgehead atoms. The van der Waals surface area contributed by atoms with Gasteiger partial charge in [-0.3, -0.25) is 4.79 Å². The standard InChI is InChI=1S/C13H17N3O/c1-4-15-13(17)10(3)16-12-9(2)6-5-7-11(12)8-14/h5-7,10,16H,4H2,1-3H3,(H,15,17). The Bertz CT molecular complexity index is 448. The van der Waals surface area contributed by atoms with Crippen LogP contribution < -0.4 is 10.6 Å². The average molecular weight is 231 g/mol. The van der Waals surface area contributed by atoms with Gasteiger partial charge in [0.25, 0.3) is 0 Å². The van der Waals surface area contributed by atoms with E-state index in [0.717, 1.165) is 11.3 Å². The summed E-state index contributed by atoms with van der Waals surface area (Å²) in [6, 6.07) is 7.24. The third-order valence-electron chi connectivity index (χ3n) is 2.50. The van der Waals surface area contributed by atoms with Crippen molar-refractivity contribution in [3.05, 3.63) is 29.3 Å². The lowest BCUT2D eigenvalue weighted by Gasteiger charge is -2.17. The van der Waals surface area contributed by atoms with Crippen molar-refractivity contribution < 1.29 is 4.79 Å². The Labute approximate surface area is 102 Å². The minimum Gasteiger partial charge on any atom is -0.373 e. The molecule has 1 unspecified atom stereocenters. The number of aryl methyl sites for hydroxylation is 1. The molecule has 0 aromatic heterocycles. The minimum absolute atomic E-state index is 0.0698. The molecule has 1 atom stereocenters. The van der Waals surface area contributed by atoms with Gasteiger partial charge in [0.15, 0.2) is 0 Å². The first kappa shape index (κ1) is 13.0. The zero-order chi connectivity index (χ0) is 12.8. The summed E-state index contributed by atoms with van der Waals surface area (Å²) in [4.78, 5) is 11.6. The minimum atomic E-state index is -0.358. The van der Waals surface area contributed by atoms with E-state index >= 15 is 0 Å². The Morgan fingerprint density at radius 2 is 2.24 bits per heavy atom. The van der Waals surface area contributed by atoms with E-state index in [9.17, 15) is 4.79 Å². The first-order valence-corrected chi connectivity index (χ1v) is 5.64. The number of hydrogen-bond acceptors (Lipinski definition) is 3. The van der Waals surface area contributed by atoms with Gasteiger partial charge in [-0.05, 0) is 32.4 Å². The number of hydrogen-bond donors (Lipinski definition) is 2. The molecule has 2 N–H and O–H groups in total. The van der Waals surface area contributed by atoms with Crippen LogP contribution >= 0.6 is 0 Å². The van der Waals surface area contributed by atoms with Crippen LogP contribution in [0.3, 0.4) is 0 Å². The molecule has 0 saturated heterocycles. The van der Waals surface area contributed by atoms with Crippen LogP contribution in [-0.4, -0.2) is 18.5 Å². The monoisotopic (exact) mass is 231 g/mol. The molecule has 1 aromatic carbocycles. The second-order valence-electron chi connectivity index (χ2n) is 3.87. The van der Waals surface area contributed by atoms with Crippen molar-refractivity contribution in [2.75, 3.05) is 11.9 Å². The van der Waals surface area contributed by atoms with Crippen LogP contribution in [-0.2, 0) is 4.79 Å². The zero-order valence-electron chi connectivity index (χ0n) is 10.4. The number of carbonyl (C=O) groups excluding carboxylic acids is 1. The number of rotatable bonds is 4. The maximum atomic E-state index is 11.6. The van der Waals surface area contributed by atoms with Crippen LogP contribution in [0, 0.1) is 18.3 Å². The lowest BCUT2D eigenvalue weighted by atomic mass is 10.1. The number of nitrogens with one attached hydrogen (secondary N) is 2. The molecule has 0 radical (unpaired) electrons. The maximum Gasteiger partial charge on any atom is 0.242 e. The number of benzene rings is 1. The zero-order valence-corrected chi connectivity index (χ0v) is 10.4. The lowest BCUT2D eigenvalue weighted by molar-refractivity contribution is -0.121. The van der Waals surface area contributed by atoms with E-state index in [1.807, 2.05) is 26.0 Å². The van der Waals surface area contributed by atoms with Gasteiger partial charge in [0.1, 0.15) is 12.1 Å². The van der Waals surface area contributed by atoms with Gasteiger partial charge in [-0.1, -0.05) is 12.1 Å². The predicted octanol–water partition coefficient (Wildman–Crippen LogP) is 1.80. The first-order valence-electron chi connectivity index (χ1n) is 5.64. The van der Waals surface area contributed by atoms with Gasteiger partial charge >= 0.3 is 0 Å². The van der Waals surface area contributed by atoms with Crippen LogP contribution in [0.25, 0.3) is 0 Å². The summed E-state index contributed by atoms with van der Waals surface area (Å²) in [5, 5.41) is 14.8. The molecular formula is C13H17N3O. The summed E-state index contributed by atoms with van der Waals surface area (Å²) in [5.74, 6) is -0.0698. The Morgan fingerprint density at radius 3 is 2.82 bits per heavy atom. The van der Waals surface area contributed by atoms with Gasteiger partial charge in [-0.2, -0.15) is 5.26 Å². The molecule has 1 aromatic rings. The molecule has 90 valence electrons. The van der Waals surface area contributed by atoms with E-state index in [2.05, 4.69) is 16.7 Å². The molecule has 0 heterocycles. The maximum absolute atomic E-state index is 11.6. The Kier molecular flexibility index (Phi) is 4.53. The van der Waals surface area contributed by atoms with Crippen molar-refractivity contribution in [2.24, 2.45) is 0 Å². The normalized spacial score (nSPS) is 11.4. The highest BCUT2D eigenvalue weighted by Crippen LogP contribution is 2.20. The number of anilines is 1. The fraction of sp³-hybridized carbons (Fsp3) is 0.385. The molecule has 0 spiro atoms. The molecule has 0 aliphatic rings. The number of para-hydroxylation sites is 1. The molecule has 0 saturated carbocycles. The number of nitrogens with zero attached hydrogens (tertiary/aromatic N) is 1. The van der Waals surface area contributed by atoms with Gasteiger partial charge in [0.05, 0.1) is 11.3 Å². The summed E-state index contributed by atoms with van der Waals surface area (Å²) in [5.41, 5.74) is 2.25.